The fourth-order valence-corrected chi connectivity index (χ4v) is 5.16. The minimum Gasteiger partial charge on any atom is -0.453 e. The Morgan fingerprint density at radius 3 is 2.66 bits per heavy atom. The van der Waals surface area contributed by atoms with Crippen LogP contribution in [0.15, 0.2) is 58.4 Å². The van der Waals surface area contributed by atoms with Crippen molar-refractivity contribution in [3.8, 4) is 0 Å². The molecule has 2 aliphatic heterocycles. The third-order valence-corrected chi connectivity index (χ3v) is 6.97. The number of benzene rings is 2. The van der Waals surface area contributed by atoms with Crippen LogP contribution in [0.25, 0.3) is 0 Å². The molecule has 2 heterocycles. The van der Waals surface area contributed by atoms with Gasteiger partial charge in [0.2, 0.25) is 0 Å². The van der Waals surface area contributed by atoms with Crippen molar-refractivity contribution >= 4 is 27.7 Å². The zero-order valence-electron chi connectivity index (χ0n) is 17.8. The number of esters is 1. The zero-order valence-corrected chi connectivity index (χ0v) is 18.6. The van der Waals surface area contributed by atoms with Gasteiger partial charge in [0, 0.05) is 31.6 Å². The molecule has 0 saturated heterocycles. The van der Waals surface area contributed by atoms with Crippen molar-refractivity contribution < 1.29 is 22.7 Å². The van der Waals surface area contributed by atoms with E-state index in [1.807, 2.05) is 18.2 Å². The number of carbonyl (C=O) groups is 2. The molecule has 2 aliphatic rings. The number of hydrogen-bond donors (Lipinski definition) is 1. The van der Waals surface area contributed by atoms with Crippen molar-refractivity contribution in [1.82, 2.24) is 9.62 Å². The Hall–Kier alpha value is -3.20. The number of ether oxygens (including phenoxy) is 1. The lowest BCUT2D eigenvalue weighted by Gasteiger charge is -2.30. The van der Waals surface area contributed by atoms with Crippen LogP contribution in [-0.4, -0.2) is 50.2 Å². The SMILES string of the molecule is CC(OC(=O)CCCN=C1NS(=O)(=O)c2ccccc21)C(=O)N1CCc2ccccc2C1. The van der Waals surface area contributed by atoms with Crippen LogP contribution in [0.5, 0.6) is 0 Å². The highest BCUT2D eigenvalue weighted by atomic mass is 32.2. The summed E-state index contributed by atoms with van der Waals surface area (Å²) in [5, 5.41) is 0. The highest BCUT2D eigenvalue weighted by Gasteiger charge is 2.30. The smallest absolute Gasteiger partial charge is 0.306 e. The van der Waals surface area contributed by atoms with Gasteiger partial charge in [-0.2, -0.15) is 0 Å². The molecule has 0 bridgehead atoms. The van der Waals surface area contributed by atoms with Gasteiger partial charge in [0.25, 0.3) is 15.9 Å². The largest absolute Gasteiger partial charge is 0.453 e. The average molecular weight is 456 g/mol. The number of nitrogens with one attached hydrogen (secondary N) is 1. The Labute approximate surface area is 187 Å². The second kappa shape index (κ2) is 9.12. The number of amides is 1. The summed E-state index contributed by atoms with van der Waals surface area (Å²) in [6.07, 6.45) is 0.402. The summed E-state index contributed by atoms with van der Waals surface area (Å²) in [5.74, 6) is -0.399. The number of sulfonamides is 1. The summed E-state index contributed by atoms with van der Waals surface area (Å²) >= 11 is 0. The third-order valence-electron chi connectivity index (χ3n) is 5.57. The highest BCUT2D eigenvalue weighted by Crippen LogP contribution is 2.22. The normalized spacial score (nSPS) is 18.4. The molecule has 32 heavy (non-hydrogen) atoms. The first kappa shape index (κ1) is 22.0. The van der Waals surface area contributed by atoms with Gasteiger partial charge in [-0.3, -0.25) is 19.3 Å². The van der Waals surface area contributed by atoms with E-state index in [1.54, 1.807) is 30.0 Å². The van der Waals surface area contributed by atoms with E-state index in [0.717, 1.165) is 12.0 Å². The van der Waals surface area contributed by atoms with Crippen LogP contribution in [-0.2, 0) is 37.3 Å². The fourth-order valence-electron chi connectivity index (χ4n) is 3.91. The molecule has 1 N–H and O–H groups in total. The molecule has 9 heteroatoms. The van der Waals surface area contributed by atoms with Gasteiger partial charge >= 0.3 is 5.97 Å². The molecular weight excluding hydrogens is 430 g/mol. The number of carbonyl (C=O) groups excluding carboxylic acids is 2. The Balaban J connectivity index is 1.25. The summed E-state index contributed by atoms with van der Waals surface area (Å²) in [6, 6.07) is 14.6. The van der Waals surface area contributed by atoms with Crippen LogP contribution in [0.3, 0.4) is 0 Å². The quantitative estimate of drug-likeness (QED) is 0.530. The van der Waals surface area contributed by atoms with E-state index in [9.17, 15) is 18.0 Å². The molecule has 0 aromatic heterocycles. The number of nitrogens with zero attached hydrogens (tertiary/aromatic N) is 2. The highest BCUT2D eigenvalue weighted by molar-refractivity contribution is 7.90. The lowest BCUT2D eigenvalue weighted by molar-refractivity contribution is -0.159. The molecule has 1 unspecified atom stereocenters. The van der Waals surface area contributed by atoms with Gasteiger partial charge in [-0.1, -0.05) is 36.4 Å². The van der Waals surface area contributed by atoms with Gasteiger partial charge in [0.1, 0.15) is 5.84 Å². The second-order valence-corrected chi connectivity index (χ2v) is 9.50. The van der Waals surface area contributed by atoms with Crippen molar-refractivity contribution in [3.05, 3.63) is 65.2 Å². The van der Waals surface area contributed by atoms with E-state index < -0.39 is 22.1 Å². The lowest BCUT2D eigenvalue weighted by atomic mass is 9.99. The van der Waals surface area contributed by atoms with E-state index in [-0.39, 0.29) is 29.6 Å². The maximum Gasteiger partial charge on any atom is 0.306 e. The van der Waals surface area contributed by atoms with Crippen LogP contribution in [0, 0.1) is 0 Å². The Morgan fingerprint density at radius 1 is 1.12 bits per heavy atom. The van der Waals surface area contributed by atoms with Crippen molar-refractivity contribution in [2.24, 2.45) is 4.99 Å². The second-order valence-electron chi connectivity index (χ2n) is 7.85. The van der Waals surface area contributed by atoms with E-state index in [0.29, 0.717) is 25.1 Å². The van der Waals surface area contributed by atoms with Gasteiger partial charge in [0.15, 0.2) is 6.10 Å². The van der Waals surface area contributed by atoms with Crippen LogP contribution in [0.4, 0.5) is 0 Å². The van der Waals surface area contributed by atoms with E-state index in [4.69, 9.17) is 4.74 Å². The molecule has 0 aliphatic carbocycles. The molecule has 1 amide bonds. The van der Waals surface area contributed by atoms with Crippen molar-refractivity contribution in [2.45, 2.75) is 43.7 Å². The van der Waals surface area contributed by atoms with Gasteiger partial charge in [0.05, 0.1) is 4.90 Å². The summed E-state index contributed by atoms with van der Waals surface area (Å²) < 4.78 is 31.9. The first-order valence-electron chi connectivity index (χ1n) is 10.6. The monoisotopic (exact) mass is 455 g/mol. The van der Waals surface area contributed by atoms with E-state index in [1.165, 1.54) is 11.6 Å². The van der Waals surface area contributed by atoms with Gasteiger partial charge in [-0.15, -0.1) is 0 Å². The van der Waals surface area contributed by atoms with Gasteiger partial charge < -0.3 is 9.64 Å². The predicted octanol–water partition coefficient (Wildman–Crippen LogP) is 2.02. The molecule has 2 aromatic rings. The predicted molar refractivity (Wildman–Crippen MR) is 119 cm³/mol. The maximum atomic E-state index is 12.7. The molecule has 2 aromatic carbocycles. The lowest BCUT2D eigenvalue weighted by Crippen LogP contribution is -2.42. The molecule has 0 radical (unpaired) electrons. The fraction of sp³-hybridized carbons (Fsp3) is 0.348. The number of rotatable bonds is 6. The number of aliphatic imine (C=N–C) groups is 1. The van der Waals surface area contributed by atoms with Crippen LogP contribution in [0.2, 0.25) is 0 Å². The summed E-state index contributed by atoms with van der Waals surface area (Å²) in [6.45, 7) is 2.97. The molecule has 4 rings (SSSR count). The van der Waals surface area contributed by atoms with E-state index in [2.05, 4.69) is 15.8 Å². The summed E-state index contributed by atoms with van der Waals surface area (Å²) in [5.41, 5.74) is 2.89. The number of fused-ring (bicyclic) bond motifs is 2. The molecule has 0 spiro atoms. The molecule has 8 nitrogen and oxygen atoms in total. The van der Waals surface area contributed by atoms with Crippen molar-refractivity contribution in [1.29, 1.82) is 0 Å². The van der Waals surface area contributed by atoms with Crippen molar-refractivity contribution in [3.63, 3.8) is 0 Å². The number of hydrogen-bond acceptors (Lipinski definition) is 6. The third kappa shape index (κ3) is 4.67. The van der Waals surface area contributed by atoms with Crippen LogP contribution >= 0.6 is 0 Å². The number of amidine groups is 1. The van der Waals surface area contributed by atoms with Crippen LogP contribution in [0.1, 0.15) is 36.5 Å². The van der Waals surface area contributed by atoms with Crippen LogP contribution < -0.4 is 4.72 Å². The van der Waals surface area contributed by atoms with Gasteiger partial charge in [-0.05, 0) is 43.0 Å². The minimum absolute atomic E-state index is 0.0889. The molecule has 0 fully saturated rings. The first-order valence-corrected chi connectivity index (χ1v) is 12.1. The van der Waals surface area contributed by atoms with Crippen molar-refractivity contribution in [2.75, 3.05) is 13.1 Å². The standard InChI is InChI=1S/C23H25N3O5S/c1-16(23(28)26-14-12-17-7-2-3-8-18(17)15-26)31-21(27)11-6-13-24-22-19-9-4-5-10-20(19)32(29,30)25-22/h2-5,7-10,16H,6,11-15H2,1H3,(H,24,25). The zero-order chi connectivity index (χ0) is 22.7. The first-order chi connectivity index (χ1) is 15.3. The molecular formula is C23H25N3O5S. The Kier molecular flexibility index (Phi) is 6.27. The van der Waals surface area contributed by atoms with Gasteiger partial charge in [-0.25, -0.2) is 8.42 Å². The molecule has 1 atom stereocenters. The molecule has 168 valence electrons. The average Bonchev–Trinajstić information content (AvgIpc) is 3.06. The maximum absolute atomic E-state index is 12.7. The van der Waals surface area contributed by atoms with E-state index >= 15 is 0 Å². The minimum atomic E-state index is -3.58. The Bertz CT molecular complexity index is 1180. The summed E-state index contributed by atoms with van der Waals surface area (Å²) in [4.78, 5) is 31.1. The summed E-state index contributed by atoms with van der Waals surface area (Å²) in [7, 11) is -3.58. The molecule has 0 saturated carbocycles. The Morgan fingerprint density at radius 2 is 1.84 bits per heavy atom. The topological polar surface area (TPSA) is 105 Å².